The van der Waals surface area contributed by atoms with Crippen LogP contribution in [0.4, 0.5) is 9.59 Å². The van der Waals surface area contributed by atoms with Gasteiger partial charge in [-0.15, -0.1) is 0 Å². The van der Waals surface area contributed by atoms with Crippen molar-refractivity contribution < 1.29 is 19.1 Å². The number of hydrogen-bond donors (Lipinski definition) is 2. The number of halogens is 1. The Hall–Kier alpha value is -2.52. The van der Waals surface area contributed by atoms with Gasteiger partial charge in [0, 0.05) is 48.8 Å². The maximum atomic E-state index is 14.1. The van der Waals surface area contributed by atoms with Crippen LogP contribution in [0.25, 0.3) is 0 Å². The standard InChI is InChI=1S/C30H46ClN5O4/c1-3-34(4-2)30(39)36(23-8-6-5-7-9-23)26-19-24-14-15-25(20-26)35(24)28(37)27(33-16-17-40-29(32)38)18-21-10-12-22(31)13-11-21/h10-13,23-27,33H,3-9,14-20H2,1-2H3,(H2,32,38)/t24?,25?,26?,27-/m1/s1. The molecular formula is C30H46ClN5O4. The molecule has 9 nitrogen and oxygen atoms in total. The second-order valence-electron chi connectivity index (χ2n) is 11.4. The lowest BCUT2D eigenvalue weighted by Gasteiger charge is -2.48. The van der Waals surface area contributed by atoms with Crippen LogP contribution in [0.5, 0.6) is 0 Å². The lowest BCUT2D eigenvalue weighted by molar-refractivity contribution is -0.139. The molecule has 0 spiro atoms. The summed E-state index contributed by atoms with van der Waals surface area (Å²) in [6.07, 6.45) is 8.98. The molecule has 222 valence electrons. The molecule has 3 aliphatic rings. The molecule has 3 fully saturated rings. The first-order valence-corrected chi connectivity index (χ1v) is 15.5. The number of nitrogens with two attached hydrogens (primary N) is 1. The third-order valence-corrected chi connectivity index (χ3v) is 9.22. The van der Waals surface area contributed by atoms with Crippen LogP contribution in [0.3, 0.4) is 0 Å². The van der Waals surface area contributed by atoms with Crippen molar-refractivity contribution in [3.63, 3.8) is 0 Å². The van der Waals surface area contributed by atoms with Crippen LogP contribution >= 0.6 is 11.6 Å². The van der Waals surface area contributed by atoms with E-state index in [0.29, 0.717) is 31.1 Å². The molecule has 10 heteroatoms. The largest absolute Gasteiger partial charge is 0.448 e. The lowest BCUT2D eigenvalue weighted by atomic mass is 9.89. The van der Waals surface area contributed by atoms with Crippen LogP contribution in [-0.4, -0.2) is 89.2 Å². The number of carbonyl (C=O) groups is 3. The molecule has 4 amide bonds. The van der Waals surface area contributed by atoms with E-state index in [4.69, 9.17) is 22.1 Å². The third-order valence-electron chi connectivity index (χ3n) is 8.97. The van der Waals surface area contributed by atoms with Crippen LogP contribution in [0.15, 0.2) is 24.3 Å². The Labute approximate surface area is 243 Å². The van der Waals surface area contributed by atoms with Gasteiger partial charge >= 0.3 is 12.1 Å². The van der Waals surface area contributed by atoms with Gasteiger partial charge in [-0.2, -0.15) is 0 Å². The summed E-state index contributed by atoms with van der Waals surface area (Å²) in [6, 6.07) is 7.90. The fourth-order valence-electron chi connectivity index (χ4n) is 7.03. The Balaban J connectivity index is 1.49. The van der Waals surface area contributed by atoms with E-state index < -0.39 is 12.1 Å². The molecule has 0 radical (unpaired) electrons. The van der Waals surface area contributed by atoms with Crippen molar-refractivity contribution in [2.24, 2.45) is 5.73 Å². The van der Waals surface area contributed by atoms with E-state index in [1.807, 2.05) is 43.0 Å². The van der Waals surface area contributed by atoms with Crippen molar-refractivity contribution in [2.75, 3.05) is 26.2 Å². The smallest absolute Gasteiger partial charge is 0.404 e. The summed E-state index contributed by atoms with van der Waals surface area (Å²) >= 11 is 6.08. The molecule has 2 unspecified atom stereocenters. The quantitative estimate of drug-likeness (QED) is 0.376. The molecule has 4 rings (SSSR count). The summed E-state index contributed by atoms with van der Waals surface area (Å²) < 4.78 is 4.89. The second kappa shape index (κ2) is 14.4. The van der Waals surface area contributed by atoms with Gasteiger partial charge in [0.2, 0.25) is 5.91 Å². The van der Waals surface area contributed by atoms with Gasteiger partial charge in [0.1, 0.15) is 6.61 Å². The van der Waals surface area contributed by atoms with Crippen molar-refractivity contribution in [1.29, 1.82) is 0 Å². The van der Waals surface area contributed by atoms with Gasteiger partial charge in [-0.3, -0.25) is 4.79 Å². The Bertz CT molecular complexity index is 984. The predicted octanol–water partition coefficient (Wildman–Crippen LogP) is 4.55. The Kier molecular flexibility index (Phi) is 11.0. The summed E-state index contributed by atoms with van der Waals surface area (Å²) in [5.74, 6) is 0.0688. The number of piperidine rings is 1. The van der Waals surface area contributed by atoms with Crippen molar-refractivity contribution in [1.82, 2.24) is 20.0 Å². The zero-order valence-electron chi connectivity index (χ0n) is 24.0. The van der Waals surface area contributed by atoms with Crippen molar-refractivity contribution in [3.8, 4) is 0 Å². The van der Waals surface area contributed by atoms with E-state index in [0.717, 1.165) is 44.1 Å². The molecule has 2 aliphatic heterocycles. The molecule has 1 aliphatic carbocycles. The van der Waals surface area contributed by atoms with Crippen LogP contribution in [0.2, 0.25) is 5.02 Å². The van der Waals surface area contributed by atoms with Gasteiger partial charge in [0.25, 0.3) is 0 Å². The Morgan fingerprint density at radius 3 is 2.20 bits per heavy atom. The van der Waals surface area contributed by atoms with Gasteiger partial charge < -0.3 is 30.5 Å². The highest BCUT2D eigenvalue weighted by molar-refractivity contribution is 6.30. The first-order valence-electron chi connectivity index (χ1n) is 15.1. The average Bonchev–Trinajstić information content (AvgIpc) is 3.21. The van der Waals surface area contributed by atoms with Gasteiger partial charge in [0.15, 0.2) is 0 Å². The van der Waals surface area contributed by atoms with E-state index in [9.17, 15) is 14.4 Å². The molecule has 2 heterocycles. The third kappa shape index (κ3) is 7.40. The van der Waals surface area contributed by atoms with E-state index >= 15 is 0 Å². The number of carbonyl (C=O) groups excluding carboxylic acids is 3. The topological polar surface area (TPSA) is 108 Å². The zero-order chi connectivity index (χ0) is 28.6. The van der Waals surface area contributed by atoms with E-state index in [-0.39, 0.29) is 42.7 Å². The van der Waals surface area contributed by atoms with Crippen LogP contribution in [0, 0.1) is 0 Å². The highest BCUT2D eigenvalue weighted by atomic mass is 35.5. The summed E-state index contributed by atoms with van der Waals surface area (Å²) in [4.78, 5) is 45.2. The van der Waals surface area contributed by atoms with Gasteiger partial charge in [-0.1, -0.05) is 43.0 Å². The summed E-state index contributed by atoms with van der Waals surface area (Å²) in [5.41, 5.74) is 6.11. The molecule has 0 aromatic heterocycles. The number of urea groups is 1. The number of ether oxygens (including phenoxy) is 1. The van der Waals surface area contributed by atoms with E-state index in [1.54, 1.807) is 0 Å². The monoisotopic (exact) mass is 575 g/mol. The molecule has 1 aromatic rings. The highest BCUT2D eigenvalue weighted by Gasteiger charge is 2.48. The second-order valence-corrected chi connectivity index (χ2v) is 11.9. The first kappa shape index (κ1) is 30.4. The van der Waals surface area contributed by atoms with Crippen LogP contribution in [-0.2, 0) is 16.0 Å². The Morgan fingerprint density at radius 1 is 1.00 bits per heavy atom. The molecule has 2 bridgehead atoms. The molecule has 3 atom stereocenters. The zero-order valence-corrected chi connectivity index (χ0v) is 24.8. The molecule has 40 heavy (non-hydrogen) atoms. The molecule has 3 N–H and O–H groups in total. The first-order chi connectivity index (χ1) is 19.3. The minimum absolute atomic E-state index is 0.0688. The fourth-order valence-corrected chi connectivity index (χ4v) is 7.16. The van der Waals surface area contributed by atoms with Crippen molar-refractivity contribution in [2.45, 2.75) is 108 Å². The van der Waals surface area contributed by atoms with Gasteiger partial charge in [-0.05, 0) is 76.5 Å². The van der Waals surface area contributed by atoms with E-state index in [1.165, 1.54) is 19.3 Å². The highest BCUT2D eigenvalue weighted by Crippen LogP contribution is 2.40. The normalized spacial score (nSPS) is 23.5. The number of benzene rings is 1. The number of rotatable bonds is 11. The maximum Gasteiger partial charge on any atom is 0.404 e. The van der Waals surface area contributed by atoms with Crippen molar-refractivity contribution >= 4 is 29.6 Å². The predicted molar refractivity (Wildman–Crippen MR) is 156 cm³/mol. The van der Waals surface area contributed by atoms with Crippen LogP contribution < -0.4 is 11.1 Å². The fraction of sp³-hybridized carbons (Fsp3) is 0.700. The summed E-state index contributed by atoms with van der Waals surface area (Å²) in [7, 11) is 0. The van der Waals surface area contributed by atoms with Gasteiger partial charge in [-0.25, -0.2) is 9.59 Å². The van der Waals surface area contributed by atoms with Crippen LogP contribution in [0.1, 0.15) is 77.2 Å². The molecule has 1 saturated carbocycles. The van der Waals surface area contributed by atoms with Gasteiger partial charge in [0.05, 0.1) is 6.04 Å². The molecular weight excluding hydrogens is 530 g/mol. The number of primary amides is 1. The molecule has 2 saturated heterocycles. The average molecular weight is 576 g/mol. The Morgan fingerprint density at radius 2 is 1.62 bits per heavy atom. The summed E-state index contributed by atoms with van der Waals surface area (Å²) in [6.45, 7) is 5.94. The number of fused-ring (bicyclic) bond motifs is 2. The van der Waals surface area contributed by atoms with Crippen molar-refractivity contribution in [3.05, 3.63) is 34.9 Å². The minimum Gasteiger partial charge on any atom is -0.448 e. The summed E-state index contributed by atoms with van der Waals surface area (Å²) in [5, 5.41) is 3.96. The minimum atomic E-state index is -0.829. The molecule has 1 aromatic carbocycles. The van der Waals surface area contributed by atoms with E-state index in [2.05, 4.69) is 15.1 Å². The maximum absolute atomic E-state index is 14.1. The SMILES string of the molecule is CCN(CC)C(=O)N(C1CCCCC1)C1CC2CCC(C1)N2C(=O)[C@@H](Cc1ccc(Cl)cc1)NCCOC(N)=O. The lowest BCUT2D eigenvalue weighted by Crippen LogP contribution is -2.61. The number of amides is 4. The number of hydrogen-bond acceptors (Lipinski definition) is 5. The number of nitrogens with one attached hydrogen (secondary N) is 1. The number of nitrogens with zero attached hydrogens (tertiary/aromatic N) is 3.